The highest BCUT2D eigenvalue weighted by atomic mass is 19.3. The molecule has 9 heteroatoms. The van der Waals surface area contributed by atoms with Gasteiger partial charge in [0.2, 0.25) is 0 Å². The van der Waals surface area contributed by atoms with Crippen LogP contribution in [0.1, 0.15) is 23.1 Å². The topological polar surface area (TPSA) is 73.3 Å². The van der Waals surface area contributed by atoms with Gasteiger partial charge in [0, 0.05) is 32.1 Å². The molecule has 1 aliphatic rings. The van der Waals surface area contributed by atoms with Gasteiger partial charge in [0.1, 0.15) is 11.9 Å². The van der Waals surface area contributed by atoms with E-state index in [1.165, 1.54) is 13.2 Å². The quantitative estimate of drug-likeness (QED) is 0.450. The van der Waals surface area contributed by atoms with Gasteiger partial charge < -0.3 is 29.6 Å². The molecule has 0 amide bonds. The zero-order valence-electron chi connectivity index (χ0n) is 18.5. The zero-order valence-corrected chi connectivity index (χ0v) is 18.5. The van der Waals surface area contributed by atoms with E-state index in [-0.39, 0.29) is 17.6 Å². The van der Waals surface area contributed by atoms with Gasteiger partial charge in [-0.2, -0.15) is 8.78 Å². The number of hydrogen-bond donors (Lipinski definition) is 2. The molecule has 2 N–H and O–H groups in total. The first-order valence-corrected chi connectivity index (χ1v) is 10.4. The molecule has 0 aliphatic carbocycles. The third-order valence-corrected chi connectivity index (χ3v) is 4.98. The first kappa shape index (κ1) is 23.6. The van der Waals surface area contributed by atoms with Crippen LogP contribution < -0.4 is 24.8 Å². The van der Waals surface area contributed by atoms with Gasteiger partial charge in [0.25, 0.3) is 0 Å². The standard InChI is InChI=1S/C23H29F2N3O4/c1-15-4-6-17(20(10-15)31-18-8-9-30-14-18)13-28-23(26-2)27-12-16-5-7-19(29-3)21(11-16)32-22(24)25/h4-7,10-11,18,22H,8-9,12-14H2,1-3H3,(H2,26,27,28). The second-order valence-corrected chi connectivity index (χ2v) is 7.36. The van der Waals surface area contributed by atoms with Crippen LogP contribution in [0.3, 0.4) is 0 Å². The number of ether oxygens (including phenoxy) is 4. The van der Waals surface area contributed by atoms with E-state index in [0.717, 1.165) is 35.5 Å². The number of nitrogens with zero attached hydrogens (tertiary/aromatic N) is 1. The molecule has 0 radical (unpaired) electrons. The first-order valence-electron chi connectivity index (χ1n) is 10.4. The Bertz CT molecular complexity index is 918. The van der Waals surface area contributed by atoms with Gasteiger partial charge >= 0.3 is 6.61 Å². The van der Waals surface area contributed by atoms with Crippen molar-refractivity contribution < 1.29 is 27.7 Å². The third-order valence-electron chi connectivity index (χ3n) is 4.98. The van der Waals surface area contributed by atoms with Crippen molar-refractivity contribution in [3.8, 4) is 17.2 Å². The summed E-state index contributed by atoms with van der Waals surface area (Å²) in [5.41, 5.74) is 2.86. The average Bonchev–Trinajstić information content (AvgIpc) is 3.28. The molecule has 7 nitrogen and oxygen atoms in total. The SMILES string of the molecule is CN=C(NCc1ccc(OC)c(OC(F)F)c1)NCc1ccc(C)cc1OC1CCOC1. The van der Waals surface area contributed by atoms with Crippen molar-refractivity contribution in [1.29, 1.82) is 0 Å². The Morgan fingerprint density at radius 3 is 2.62 bits per heavy atom. The number of rotatable bonds is 9. The Labute approximate surface area is 186 Å². The molecule has 2 aromatic carbocycles. The summed E-state index contributed by atoms with van der Waals surface area (Å²) in [6.07, 6.45) is 0.941. The number of nitrogens with one attached hydrogen (secondary N) is 2. The van der Waals surface area contributed by atoms with Gasteiger partial charge in [0.05, 0.1) is 20.3 Å². The van der Waals surface area contributed by atoms with Crippen LogP contribution in [0.5, 0.6) is 17.2 Å². The predicted octanol–water partition coefficient (Wildman–Crippen LogP) is 3.64. The fourth-order valence-corrected chi connectivity index (χ4v) is 3.31. The minimum atomic E-state index is -2.93. The molecule has 0 aromatic heterocycles. The van der Waals surface area contributed by atoms with E-state index in [4.69, 9.17) is 14.2 Å². The predicted molar refractivity (Wildman–Crippen MR) is 118 cm³/mol. The van der Waals surface area contributed by atoms with E-state index in [9.17, 15) is 8.78 Å². The number of methoxy groups -OCH3 is 1. The average molecular weight is 449 g/mol. The molecule has 2 aromatic rings. The van der Waals surface area contributed by atoms with Crippen LogP contribution in [-0.4, -0.2) is 46.0 Å². The molecule has 1 unspecified atom stereocenters. The lowest BCUT2D eigenvalue weighted by molar-refractivity contribution is -0.0512. The highest BCUT2D eigenvalue weighted by Gasteiger charge is 2.19. The molecule has 1 heterocycles. The molecule has 1 atom stereocenters. The number of halogens is 2. The number of benzene rings is 2. The van der Waals surface area contributed by atoms with E-state index in [0.29, 0.717) is 25.7 Å². The van der Waals surface area contributed by atoms with Crippen LogP contribution in [0.25, 0.3) is 0 Å². The lowest BCUT2D eigenvalue weighted by atomic mass is 10.1. The normalized spacial score (nSPS) is 16.2. The van der Waals surface area contributed by atoms with Crippen LogP contribution in [0, 0.1) is 6.92 Å². The summed E-state index contributed by atoms with van der Waals surface area (Å²) < 4.78 is 46.4. The monoisotopic (exact) mass is 449 g/mol. The summed E-state index contributed by atoms with van der Waals surface area (Å²) in [7, 11) is 3.07. The van der Waals surface area contributed by atoms with E-state index < -0.39 is 6.61 Å². The molecule has 32 heavy (non-hydrogen) atoms. The van der Waals surface area contributed by atoms with Crippen molar-refractivity contribution in [2.45, 2.75) is 39.1 Å². The maximum atomic E-state index is 12.6. The second kappa shape index (κ2) is 11.5. The number of aliphatic imine (C=N–C) groups is 1. The molecule has 0 saturated carbocycles. The van der Waals surface area contributed by atoms with Crippen molar-refractivity contribution in [1.82, 2.24) is 10.6 Å². The first-order chi connectivity index (χ1) is 15.5. The fourth-order valence-electron chi connectivity index (χ4n) is 3.31. The minimum Gasteiger partial charge on any atom is -0.493 e. The summed E-state index contributed by atoms with van der Waals surface area (Å²) in [5, 5.41) is 6.43. The smallest absolute Gasteiger partial charge is 0.387 e. The lowest BCUT2D eigenvalue weighted by Crippen LogP contribution is -2.36. The molecule has 1 saturated heterocycles. The molecule has 1 fully saturated rings. The third kappa shape index (κ3) is 6.71. The summed E-state index contributed by atoms with van der Waals surface area (Å²) in [6, 6.07) is 11.0. The van der Waals surface area contributed by atoms with Gasteiger partial charge in [-0.3, -0.25) is 4.99 Å². The Morgan fingerprint density at radius 1 is 1.12 bits per heavy atom. The van der Waals surface area contributed by atoms with Crippen molar-refractivity contribution in [3.05, 3.63) is 53.1 Å². The Hall–Kier alpha value is -3.07. The van der Waals surface area contributed by atoms with Crippen molar-refractivity contribution >= 4 is 5.96 Å². The van der Waals surface area contributed by atoms with Crippen LogP contribution in [-0.2, 0) is 17.8 Å². The lowest BCUT2D eigenvalue weighted by Gasteiger charge is -2.18. The number of guanidine groups is 1. The number of aryl methyl sites for hydroxylation is 1. The molecule has 174 valence electrons. The highest BCUT2D eigenvalue weighted by molar-refractivity contribution is 5.79. The van der Waals surface area contributed by atoms with Crippen LogP contribution in [0.2, 0.25) is 0 Å². The Balaban J connectivity index is 1.60. The van der Waals surface area contributed by atoms with Crippen LogP contribution >= 0.6 is 0 Å². The molecule has 1 aliphatic heterocycles. The maximum absolute atomic E-state index is 12.6. The van der Waals surface area contributed by atoms with E-state index in [2.05, 4.69) is 20.4 Å². The molecular weight excluding hydrogens is 420 g/mol. The number of hydrogen-bond acceptors (Lipinski definition) is 5. The van der Waals surface area contributed by atoms with E-state index in [1.807, 2.05) is 25.1 Å². The van der Waals surface area contributed by atoms with Gasteiger partial charge in [-0.15, -0.1) is 0 Å². The van der Waals surface area contributed by atoms with Gasteiger partial charge in [0.15, 0.2) is 17.5 Å². The Kier molecular flexibility index (Phi) is 8.49. The molecule has 3 rings (SSSR count). The van der Waals surface area contributed by atoms with Gasteiger partial charge in [-0.05, 0) is 36.2 Å². The van der Waals surface area contributed by atoms with Gasteiger partial charge in [-0.25, -0.2) is 0 Å². The van der Waals surface area contributed by atoms with E-state index in [1.54, 1.807) is 19.2 Å². The summed E-state index contributed by atoms with van der Waals surface area (Å²) >= 11 is 0. The Morgan fingerprint density at radius 2 is 1.94 bits per heavy atom. The largest absolute Gasteiger partial charge is 0.493 e. The summed E-state index contributed by atoms with van der Waals surface area (Å²) in [4.78, 5) is 4.23. The molecule has 0 bridgehead atoms. The number of alkyl halides is 2. The van der Waals surface area contributed by atoms with Crippen LogP contribution in [0.4, 0.5) is 8.78 Å². The minimum absolute atomic E-state index is 0.0120. The fraction of sp³-hybridized carbons (Fsp3) is 0.435. The van der Waals surface area contributed by atoms with Crippen LogP contribution in [0.15, 0.2) is 41.4 Å². The summed E-state index contributed by atoms with van der Waals surface area (Å²) in [6.45, 7) is 1.28. The molecular formula is C23H29F2N3O4. The second-order valence-electron chi connectivity index (χ2n) is 7.36. The summed E-state index contributed by atoms with van der Waals surface area (Å²) in [5.74, 6) is 1.62. The van der Waals surface area contributed by atoms with E-state index >= 15 is 0 Å². The maximum Gasteiger partial charge on any atom is 0.387 e. The van der Waals surface area contributed by atoms with Crippen molar-refractivity contribution in [2.24, 2.45) is 4.99 Å². The zero-order chi connectivity index (χ0) is 22.9. The highest BCUT2D eigenvalue weighted by Crippen LogP contribution is 2.29. The van der Waals surface area contributed by atoms with Crippen molar-refractivity contribution in [2.75, 3.05) is 27.4 Å². The van der Waals surface area contributed by atoms with Crippen molar-refractivity contribution in [3.63, 3.8) is 0 Å². The molecule has 0 spiro atoms. The van der Waals surface area contributed by atoms with Gasteiger partial charge in [-0.1, -0.05) is 18.2 Å².